The monoisotopic (exact) mass is 235 g/mol. The van der Waals surface area contributed by atoms with Crippen LogP contribution in [0.3, 0.4) is 0 Å². The second-order valence-corrected chi connectivity index (χ2v) is 4.16. The number of aliphatic hydroxyl groups excluding tert-OH is 1. The summed E-state index contributed by atoms with van der Waals surface area (Å²) in [6.07, 6.45) is 4.64. The van der Waals surface area contributed by atoms with Crippen molar-refractivity contribution in [1.29, 1.82) is 0 Å². The number of aliphatic hydroxyl groups is 1. The number of nitrogens with zero attached hydrogens (tertiary/aromatic N) is 3. The Kier molecular flexibility index (Phi) is 2.45. The fraction of sp³-hybridized carbons (Fsp3) is 0.455. The van der Waals surface area contributed by atoms with Crippen LogP contribution in [0.5, 0.6) is 5.88 Å². The second kappa shape index (κ2) is 3.97. The minimum atomic E-state index is -0.126. The largest absolute Gasteiger partial charge is 0.493 e. The number of aromatic hydroxyl groups is 1. The zero-order valence-electron chi connectivity index (χ0n) is 9.15. The fourth-order valence-corrected chi connectivity index (χ4v) is 2.17. The normalized spacial score (nSPS) is 24.5. The van der Waals surface area contributed by atoms with E-state index in [1.165, 1.54) is 6.20 Å². The van der Waals surface area contributed by atoms with E-state index in [0.29, 0.717) is 0 Å². The lowest BCUT2D eigenvalue weighted by molar-refractivity contribution is -0.0205. The van der Waals surface area contributed by atoms with Crippen LogP contribution in [-0.2, 0) is 4.74 Å². The Morgan fingerprint density at radius 3 is 3.06 bits per heavy atom. The molecular formula is C11H13N3O3. The Bertz CT molecular complexity index is 540. The van der Waals surface area contributed by atoms with Crippen molar-refractivity contribution < 1.29 is 14.9 Å². The Labute approximate surface area is 97.5 Å². The van der Waals surface area contributed by atoms with Crippen molar-refractivity contribution >= 4 is 11.0 Å². The number of ether oxygens (including phenoxy) is 1. The number of imidazole rings is 1. The summed E-state index contributed by atoms with van der Waals surface area (Å²) in [5, 5.41) is 18.4. The predicted octanol–water partition coefficient (Wildman–Crippen LogP) is 0.807. The zero-order valence-corrected chi connectivity index (χ0v) is 9.15. The van der Waals surface area contributed by atoms with Crippen molar-refractivity contribution in [2.24, 2.45) is 0 Å². The molecule has 0 radical (unpaired) electrons. The van der Waals surface area contributed by atoms with Crippen LogP contribution in [0.4, 0.5) is 0 Å². The van der Waals surface area contributed by atoms with Gasteiger partial charge in [0.15, 0.2) is 0 Å². The molecule has 2 aromatic rings. The molecule has 0 aromatic carbocycles. The molecule has 0 saturated carbocycles. The van der Waals surface area contributed by atoms with Crippen LogP contribution in [0.2, 0.25) is 0 Å². The molecule has 0 spiro atoms. The molecule has 1 aliphatic heterocycles. The van der Waals surface area contributed by atoms with Gasteiger partial charge in [0, 0.05) is 6.07 Å². The third-order valence-corrected chi connectivity index (χ3v) is 3.05. The number of aromatic nitrogens is 3. The molecule has 1 saturated heterocycles. The summed E-state index contributed by atoms with van der Waals surface area (Å²) < 4.78 is 7.54. The van der Waals surface area contributed by atoms with E-state index in [0.717, 1.165) is 23.9 Å². The predicted molar refractivity (Wildman–Crippen MR) is 59.4 cm³/mol. The van der Waals surface area contributed by atoms with E-state index in [1.54, 1.807) is 12.4 Å². The lowest BCUT2D eigenvalue weighted by atomic mass is 10.2. The van der Waals surface area contributed by atoms with E-state index < -0.39 is 0 Å². The first-order valence-electron chi connectivity index (χ1n) is 5.56. The van der Waals surface area contributed by atoms with Crippen molar-refractivity contribution in [3.63, 3.8) is 0 Å². The minimum Gasteiger partial charge on any atom is -0.493 e. The van der Waals surface area contributed by atoms with Crippen LogP contribution in [0.1, 0.15) is 19.1 Å². The molecule has 3 heterocycles. The van der Waals surface area contributed by atoms with Gasteiger partial charge in [-0.15, -0.1) is 0 Å². The minimum absolute atomic E-state index is 0.0315. The quantitative estimate of drug-likeness (QED) is 0.805. The molecule has 0 aliphatic carbocycles. The maximum absolute atomic E-state index is 9.38. The first-order chi connectivity index (χ1) is 8.28. The van der Waals surface area contributed by atoms with E-state index in [9.17, 15) is 5.11 Å². The van der Waals surface area contributed by atoms with Crippen molar-refractivity contribution in [1.82, 2.24) is 14.5 Å². The topological polar surface area (TPSA) is 80.4 Å². The SMILES string of the molecule is OC[C@@H]1CC[C@@H](n2cnc3cnc(O)cc32)O1. The van der Waals surface area contributed by atoms with Gasteiger partial charge >= 0.3 is 0 Å². The van der Waals surface area contributed by atoms with Crippen molar-refractivity contribution in [2.75, 3.05) is 6.61 Å². The first-order valence-corrected chi connectivity index (χ1v) is 5.56. The van der Waals surface area contributed by atoms with Gasteiger partial charge in [-0.25, -0.2) is 9.97 Å². The zero-order chi connectivity index (χ0) is 11.8. The average molecular weight is 235 g/mol. The third-order valence-electron chi connectivity index (χ3n) is 3.05. The van der Waals surface area contributed by atoms with Crippen LogP contribution in [0, 0.1) is 0 Å². The molecule has 0 unspecified atom stereocenters. The Morgan fingerprint density at radius 1 is 1.41 bits per heavy atom. The molecule has 2 atom stereocenters. The molecule has 17 heavy (non-hydrogen) atoms. The summed E-state index contributed by atoms with van der Waals surface area (Å²) in [7, 11) is 0. The maximum atomic E-state index is 9.38. The number of hydrogen-bond donors (Lipinski definition) is 2. The van der Waals surface area contributed by atoms with Crippen LogP contribution < -0.4 is 0 Å². The van der Waals surface area contributed by atoms with Crippen LogP contribution in [0.15, 0.2) is 18.6 Å². The molecule has 0 amide bonds. The molecule has 2 aromatic heterocycles. The van der Waals surface area contributed by atoms with E-state index in [4.69, 9.17) is 9.84 Å². The van der Waals surface area contributed by atoms with E-state index in [1.807, 2.05) is 4.57 Å². The van der Waals surface area contributed by atoms with Gasteiger partial charge in [-0.1, -0.05) is 0 Å². The van der Waals surface area contributed by atoms with Crippen LogP contribution >= 0.6 is 0 Å². The van der Waals surface area contributed by atoms with E-state index in [-0.39, 0.29) is 24.8 Å². The fourth-order valence-electron chi connectivity index (χ4n) is 2.17. The third kappa shape index (κ3) is 1.75. The van der Waals surface area contributed by atoms with Gasteiger partial charge in [0.2, 0.25) is 5.88 Å². The van der Waals surface area contributed by atoms with Crippen LogP contribution in [-0.4, -0.2) is 37.5 Å². The van der Waals surface area contributed by atoms with Crippen molar-refractivity contribution in [3.05, 3.63) is 18.6 Å². The molecule has 0 bridgehead atoms. The summed E-state index contributed by atoms with van der Waals surface area (Å²) in [4.78, 5) is 7.98. The van der Waals surface area contributed by atoms with Gasteiger partial charge in [0.05, 0.1) is 30.8 Å². The highest BCUT2D eigenvalue weighted by molar-refractivity contribution is 5.75. The molecule has 6 heteroatoms. The smallest absolute Gasteiger partial charge is 0.212 e. The summed E-state index contributed by atoms with van der Waals surface area (Å²) in [6, 6.07) is 1.57. The molecule has 6 nitrogen and oxygen atoms in total. The van der Waals surface area contributed by atoms with Crippen molar-refractivity contribution in [2.45, 2.75) is 25.2 Å². The summed E-state index contributed by atoms with van der Waals surface area (Å²) in [6.45, 7) is 0.0376. The molecule has 1 fully saturated rings. The van der Waals surface area contributed by atoms with Crippen LogP contribution in [0.25, 0.3) is 11.0 Å². The summed E-state index contributed by atoms with van der Waals surface area (Å²) >= 11 is 0. The molecule has 1 aliphatic rings. The molecular weight excluding hydrogens is 222 g/mol. The van der Waals surface area contributed by atoms with Gasteiger partial charge in [0.1, 0.15) is 11.7 Å². The molecule has 3 rings (SSSR count). The summed E-state index contributed by atoms with van der Waals surface area (Å²) in [5.74, 6) is -0.0315. The molecule has 90 valence electrons. The van der Waals surface area contributed by atoms with E-state index >= 15 is 0 Å². The van der Waals surface area contributed by atoms with E-state index in [2.05, 4.69) is 9.97 Å². The highest BCUT2D eigenvalue weighted by atomic mass is 16.5. The maximum Gasteiger partial charge on any atom is 0.212 e. The number of hydrogen-bond acceptors (Lipinski definition) is 5. The standard InChI is InChI=1S/C11H13N3O3/c15-5-7-1-2-11(17-7)14-6-13-8-4-12-10(16)3-9(8)14/h3-4,6-7,11,15H,1-2,5H2,(H,12,16)/t7-,11-/m0/s1. The van der Waals surface area contributed by atoms with Gasteiger partial charge in [-0.2, -0.15) is 0 Å². The number of fused-ring (bicyclic) bond motifs is 1. The Hall–Kier alpha value is -1.66. The first kappa shape index (κ1) is 10.5. The van der Waals surface area contributed by atoms with Gasteiger partial charge in [-0.3, -0.25) is 0 Å². The van der Waals surface area contributed by atoms with Gasteiger partial charge < -0.3 is 19.5 Å². The average Bonchev–Trinajstić information content (AvgIpc) is 2.93. The lowest BCUT2D eigenvalue weighted by Gasteiger charge is -2.14. The van der Waals surface area contributed by atoms with Gasteiger partial charge in [0.25, 0.3) is 0 Å². The summed E-state index contributed by atoms with van der Waals surface area (Å²) in [5.41, 5.74) is 1.51. The highest BCUT2D eigenvalue weighted by Gasteiger charge is 2.26. The Balaban J connectivity index is 1.98. The van der Waals surface area contributed by atoms with Gasteiger partial charge in [-0.05, 0) is 12.8 Å². The lowest BCUT2D eigenvalue weighted by Crippen LogP contribution is -2.13. The second-order valence-electron chi connectivity index (χ2n) is 4.16. The highest BCUT2D eigenvalue weighted by Crippen LogP contribution is 2.31. The molecule has 2 N–H and O–H groups in total. The van der Waals surface area contributed by atoms with Crippen molar-refractivity contribution in [3.8, 4) is 5.88 Å². The number of pyridine rings is 1. The Morgan fingerprint density at radius 2 is 2.29 bits per heavy atom. The number of rotatable bonds is 2.